The highest BCUT2D eigenvalue weighted by atomic mass is 35.5. The minimum absolute atomic E-state index is 0.137. The van der Waals surface area contributed by atoms with Gasteiger partial charge < -0.3 is 10.2 Å². The Morgan fingerprint density at radius 2 is 1.85 bits per heavy atom. The minimum Gasteiger partial charge on any atom is -0.508 e. The van der Waals surface area contributed by atoms with E-state index in [-0.39, 0.29) is 17.6 Å². The fourth-order valence-corrected chi connectivity index (χ4v) is 4.23. The number of rotatable bonds is 7. The summed E-state index contributed by atoms with van der Waals surface area (Å²) in [5.41, 5.74) is 5.11. The lowest BCUT2D eigenvalue weighted by atomic mass is 9.72. The third-order valence-electron chi connectivity index (χ3n) is 5.65. The number of carboxylic acids is 1. The van der Waals surface area contributed by atoms with Crippen LogP contribution in [-0.4, -0.2) is 16.2 Å². The van der Waals surface area contributed by atoms with Gasteiger partial charge in [-0.2, -0.15) is 0 Å². The van der Waals surface area contributed by atoms with Gasteiger partial charge in [0.2, 0.25) is 0 Å². The van der Waals surface area contributed by atoms with Crippen molar-refractivity contribution in [2.45, 2.75) is 53.4 Å². The highest BCUT2D eigenvalue weighted by molar-refractivity contribution is 6.30. The summed E-state index contributed by atoms with van der Waals surface area (Å²) in [5.74, 6) is -1.40. The van der Waals surface area contributed by atoms with Gasteiger partial charge in [0.25, 0.3) is 0 Å². The van der Waals surface area contributed by atoms with E-state index in [0.29, 0.717) is 5.02 Å². The van der Waals surface area contributed by atoms with Crippen molar-refractivity contribution >= 4 is 17.6 Å². The van der Waals surface area contributed by atoms with Gasteiger partial charge in [-0.25, -0.2) is 0 Å². The smallest absolute Gasteiger partial charge is 0.306 e. The van der Waals surface area contributed by atoms with E-state index in [1.807, 2.05) is 45.0 Å². The number of carbonyl (C=O) groups is 1. The van der Waals surface area contributed by atoms with Crippen molar-refractivity contribution in [1.82, 2.24) is 0 Å². The summed E-state index contributed by atoms with van der Waals surface area (Å²) in [7, 11) is 0. The van der Waals surface area contributed by atoms with Crippen LogP contribution in [0.3, 0.4) is 0 Å². The molecule has 2 aromatic carbocycles. The Morgan fingerprint density at radius 3 is 2.44 bits per heavy atom. The lowest BCUT2D eigenvalue weighted by Gasteiger charge is -2.32. The fraction of sp³-hybridized carbons (Fsp3) is 0.435. The van der Waals surface area contributed by atoms with E-state index >= 15 is 0 Å². The molecule has 0 aliphatic heterocycles. The van der Waals surface area contributed by atoms with E-state index < -0.39 is 11.9 Å². The molecular weight excluding hydrogens is 360 g/mol. The monoisotopic (exact) mass is 388 g/mol. The summed E-state index contributed by atoms with van der Waals surface area (Å²) in [6.07, 6.45) is 1.85. The first-order chi connectivity index (χ1) is 12.7. The zero-order valence-electron chi connectivity index (χ0n) is 16.7. The number of phenolic OH excluding ortho intramolecular Hbond substituents is 1. The number of aryl methyl sites for hydroxylation is 2. The highest BCUT2D eigenvalue weighted by Gasteiger charge is 2.33. The lowest BCUT2D eigenvalue weighted by Crippen LogP contribution is -2.26. The predicted octanol–water partition coefficient (Wildman–Crippen LogP) is 6.10. The average Bonchev–Trinajstić information content (AvgIpc) is 2.59. The van der Waals surface area contributed by atoms with Crippen molar-refractivity contribution in [2.75, 3.05) is 0 Å². The lowest BCUT2D eigenvalue weighted by molar-refractivity contribution is -0.142. The molecule has 3 nitrogen and oxygen atoms in total. The van der Waals surface area contributed by atoms with Crippen molar-refractivity contribution in [3.05, 3.63) is 63.2 Å². The van der Waals surface area contributed by atoms with Crippen LogP contribution in [0.1, 0.15) is 60.9 Å². The number of hydrogen-bond donors (Lipinski definition) is 2. The minimum atomic E-state index is -0.811. The fourth-order valence-electron chi connectivity index (χ4n) is 3.94. The van der Waals surface area contributed by atoms with E-state index in [4.69, 9.17) is 11.6 Å². The molecule has 3 unspecified atom stereocenters. The largest absolute Gasteiger partial charge is 0.508 e. The molecule has 0 bridgehead atoms. The number of halogens is 1. The number of phenols is 1. The van der Waals surface area contributed by atoms with Gasteiger partial charge in [-0.05, 0) is 72.2 Å². The van der Waals surface area contributed by atoms with Crippen LogP contribution in [0.4, 0.5) is 0 Å². The molecule has 27 heavy (non-hydrogen) atoms. The maximum Gasteiger partial charge on any atom is 0.306 e. The number of hydrogen-bond acceptors (Lipinski definition) is 2. The molecule has 0 saturated heterocycles. The van der Waals surface area contributed by atoms with Gasteiger partial charge in [0.05, 0.1) is 5.92 Å². The Labute approximate surface area is 167 Å². The molecule has 0 amide bonds. The van der Waals surface area contributed by atoms with Crippen LogP contribution < -0.4 is 0 Å². The van der Waals surface area contributed by atoms with Crippen LogP contribution in [0.15, 0.2) is 30.3 Å². The molecule has 3 atom stereocenters. The van der Waals surface area contributed by atoms with Gasteiger partial charge in [-0.3, -0.25) is 4.79 Å². The summed E-state index contributed by atoms with van der Waals surface area (Å²) in [6.45, 7) is 9.78. The molecule has 0 aromatic heterocycles. The molecular formula is C23H29ClO3. The van der Waals surface area contributed by atoms with Gasteiger partial charge in [0.1, 0.15) is 5.75 Å². The first kappa shape index (κ1) is 21.3. The van der Waals surface area contributed by atoms with Gasteiger partial charge in [0, 0.05) is 10.9 Å². The summed E-state index contributed by atoms with van der Waals surface area (Å²) >= 11 is 6.32. The van der Waals surface area contributed by atoms with Crippen molar-refractivity contribution in [3.63, 3.8) is 0 Å². The molecule has 2 rings (SSSR count). The maximum atomic E-state index is 11.7. The van der Waals surface area contributed by atoms with Crippen molar-refractivity contribution in [3.8, 4) is 5.75 Å². The van der Waals surface area contributed by atoms with E-state index in [1.165, 1.54) is 0 Å². The standard InChI is InChI=1S/C23H29ClO3/c1-6-8-17-12-18(24)11-13(2)21(17)22(14(3)15(4)23(26)27)19-9-7-10-20(25)16(19)5/h7,9-12,14-15,22,25H,6,8H2,1-5H3,(H,26,27). The molecule has 2 N–H and O–H groups in total. The number of carboxylic acid groups (broad SMARTS) is 1. The van der Waals surface area contributed by atoms with Gasteiger partial charge in [0.15, 0.2) is 0 Å². The van der Waals surface area contributed by atoms with Crippen LogP contribution in [0.2, 0.25) is 5.02 Å². The average molecular weight is 389 g/mol. The van der Waals surface area contributed by atoms with Crippen molar-refractivity contribution in [2.24, 2.45) is 11.8 Å². The van der Waals surface area contributed by atoms with E-state index in [0.717, 1.165) is 40.7 Å². The summed E-state index contributed by atoms with van der Waals surface area (Å²) in [5, 5.41) is 20.6. The van der Waals surface area contributed by atoms with Crippen LogP contribution in [-0.2, 0) is 11.2 Å². The van der Waals surface area contributed by atoms with Crippen LogP contribution >= 0.6 is 11.6 Å². The first-order valence-corrected chi connectivity index (χ1v) is 9.87. The van der Waals surface area contributed by atoms with Crippen LogP contribution in [0, 0.1) is 25.7 Å². The molecule has 0 aliphatic carbocycles. The third kappa shape index (κ3) is 4.47. The van der Waals surface area contributed by atoms with Gasteiger partial charge >= 0.3 is 5.97 Å². The molecule has 4 heteroatoms. The predicted molar refractivity (Wildman–Crippen MR) is 111 cm³/mol. The first-order valence-electron chi connectivity index (χ1n) is 9.49. The molecule has 0 aliphatic rings. The zero-order chi connectivity index (χ0) is 20.3. The van der Waals surface area contributed by atoms with Gasteiger partial charge in [-0.1, -0.05) is 50.9 Å². The third-order valence-corrected chi connectivity index (χ3v) is 5.87. The number of aromatic hydroxyl groups is 1. The zero-order valence-corrected chi connectivity index (χ0v) is 17.5. The Morgan fingerprint density at radius 1 is 1.19 bits per heavy atom. The van der Waals surface area contributed by atoms with Crippen LogP contribution in [0.5, 0.6) is 5.75 Å². The molecule has 2 aromatic rings. The van der Waals surface area contributed by atoms with E-state index in [9.17, 15) is 15.0 Å². The Kier molecular flexibility index (Phi) is 6.94. The molecule has 146 valence electrons. The summed E-state index contributed by atoms with van der Waals surface area (Å²) < 4.78 is 0. The Balaban J connectivity index is 2.78. The second-order valence-corrected chi connectivity index (χ2v) is 7.94. The normalized spacial score (nSPS) is 14.6. The second kappa shape index (κ2) is 8.79. The van der Waals surface area contributed by atoms with E-state index in [2.05, 4.69) is 6.92 Å². The molecule has 0 spiro atoms. The van der Waals surface area contributed by atoms with Crippen molar-refractivity contribution < 1.29 is 15.0 Å². The maximum absolute atomic E-state index is 11.7. The molecule has 0 radical (unpaired) electrons. The second-order valence-electron chi connectivity index (χ2n) is 7.50. The Bertz CT molecular complexity index is 829. The van der Waals surface area contributed by atoms with Crippen LogP contribution in [0.25, 0.3) is 0 Å². The topological polar surface area (TPSA) is 57.5 Å². The quantitative estimate of drug-likeness (QED) is 0.602. The van der Waals surface area contributed by atoms with E-state index in [1.54, 1.807) is 13.0 Å². The number of aliphatic carboxylic acids is 1. The molecule has 0 heterocycles. The molecule has 0 fully saturated rings. The summed E-state index contributed by atoms with van der Waals surface area (Å²) in [6, 6.07) is 9.43. The Hall–Kier alpha value is -2.00. The summed E-state index contributed by atoms with van der Waals surface area (Å²) in [4.78, 5) is 11.7. The number of benzene rings is 2. The SMILES string of the molecule is CCCc1cc(Cl)cc(C)c1C(c1cccc(O)c1C)C(C)C(C)C(=O)O. The van der Waals surface area contributed by atoms with Gasteiger partial charge in [-0.15, -0.1) is 0 Å². The van der Waals surface area contributed by atoms with Crippen molar-refractivity contribution in [1.29, 1.82) is 0 Å². The highest BCUT2D eigenvalue weighted by Crippen LogP contribution is 2.43. The molecule has 0 saturated carbocycles.